The predicted molar refractivity (Wildman–Crippen MR) is 131 cm³/mol. The van der Waals surface area contributed by atoms with Gasteiger partial charge in [0.2, 0.25) is 0 Å². The van der Waals surface area contributed by atoms with Crippen molar-refractivity contribution in [3.05, 3.63) is 108 Å². The highest BCUT2D eigenvalue weighted by atomic mass is 16.5. The van der Waals surface area contributed by atoms with Crippen LogP contribution in [-0.4, -0.2) is 16.7 Å². The monoisotopic (exact) mass is 433 g/mol. The van der Waals surface area contributed by atoms with Crippen LogP contribution in [0.5, 0.6) is 11.5 Å². The van der Waals surface area contributed by atoms with Crippen molar-refractivity contribution in [1.29, 1.82) is 0 Å². The summed E-state index contributed by atoms with van der Waals surface area (Å²) >= 11 is 0. The van der Waals surface area contributed by atoms with Crippen LogP contribution in [0.1, 0.15) is 17.3 Å². The smallest absolute Gasteiger partial charge is 0.161 e. The van der Waals surface area contributed by atoms with E-state index in [9.17, 15) is 0 Å². The molecule has 1 aliphatic rings. The third kappa shape index (κ3) is 3.38. The number of hydrogen-bond acceptors (Lipinski definition) is 4. The maximum atomic E-state index is 6.07. The van der Waals surface area contributed by atoms with Gasteiger partial charge in [0, 0.05) is 11.3 Å². The fourth-order valence-corrected chi connectivity index (χ4v) is 4.45. The second kappa shape index (κ2) is 8.02. The molecule has 5 nitrogen and oxygen atoms in total. The molecule has 1 atom stereocenters. The third-order valence-corrected chi connectivity index (χ3v) is 6.05. The maximum absolute atomic E-state index is 6.07. The van der Waals surface area contributed by atoms with Gasteiger partial charge >= 0.3 is 0 Å². The molecule has 0 spiro atoms. The van der Waals surface area contributed by atoms with Crippen molar-refractivity contribution >= 4 is 16.7 Å². The molecular formula is C28H23N3O2. The van der Waals surface area contributed by atoms with E-state index < -0.39 is 0 Å². The number of para-hydroxylation sites is 3. The van der Waals surface area contributed by atoms with Crippen molar-refractivity contribution in [1.82, 2.24) is 9.55 Å². The van der Waals surface area contributed by atoms with E-state index in [0.717, 1.165) is 45.0 Å². The van der Waals surface area contributed by atoms with Crippen LogP contribution in [0.2, 0.25) is 0 Å². The Morgan fingerprint density at radius 3 is 2.52 bits per heavy atom. The second-order valence-corrected chi connectivity index (χ2v) is 8.07. The van der Waals surface area contributed by atoms with Crippen molar-refractivity contribution in [2.24, 2.45) is 0 Å². The number of benzene rings is 4. The average Bonchev–Trinajstić information content (AvgIpc) is 3.27. The van der Waals surface area contributed by atoms with Gasteiger partial charge in [0.05, 0.1) is 18.1 Å². The SMILES string of the molecule is COc1cc(C2Nc3ccccc3-c3nc4ccccc4n32)ccc1OCc1ccccc1. The highest BCUT2D eigenvalue weighted by Gasteiger charge is 2.28. The zero-order valence-electron chi connectivity index (χ0n) is 18.2. The van der Waals surface area contributed by atoms with Gasteiger partial charge in [-0.25, -0.2) is 4.98 Å². The Morgan fingerprint density at radius 1 is 0.848 bits per heavy atom. The van der Waals surface area contributed by atoms with Gasteiger partial charge in [0.15, 0.2) is 11.5 Å². The van der Waals surface area contributed by atoms with Crippen molar-refractivity contribution < 1.29 is 9.47 Å². The van der Waals surface area contributed by atoms with Crippen LogP contribution in [0.3, 0.4) is 0 Å². The highest BCUT2D eigenvalue weighted by molar-refractivity contribution is 5.86. The number of methoxy groups -OCH3 is 1. The molecule has 1 aliphatic heterocycles. The van der Waals surface area contributed by atoms with Gasteiger partial charge in [-0.05, 0) is 47.5 Å². The molecule has 2 heterocycles. The van der Waals surface area contributed by atoms with Gasteiger partial charge in [0.1, 0.15) is 18.6 Å². The van der Waals surface area contributed by atoms with Crippen LogP contribution >= 0.6 is 0 Å². The number of hydrogen-bond donors (Lipinski definition) is 1. The molecule has 5 aromatic rings. The largest absolute Gasteiger partial charge is 0.493 e. The van der Waals surface area contributed by atoms with Crippen molar-refractivity contribution in [3.8, 4) is 22.9 Å². The quantitative estimate of drug-likeness (QED) is 0.355. The van der Waals surface area contributed by atoms with Crippen LogP contribution in [-0.2, 0) is 6.61 Å². The molecule has 1 N–H and O–H groups in total. The zero-order valence-corrected chi connectivity index (χ0v) is 18.2. The van der Waals surface area contributed by atoms with Gasteiger partial charge < -0.3 is 14.8 Å². The summed E-state index contributed by atoms with van der Waals surface area (Å²) in [6, 6.07) is 32.8. The molecule has 1 unspecified atom stereocenters. The molecule has 0 radical (unpaired) electrons. The number of nitrogens with one attached hydrogen (secondary N) is 1. The molecular weight excluding hydrogens is 410 g/mol. The van der Waals surface area contributed by atoms with Crippen LogP contribution in [0.25, 0.3) is 22.4 Å². The second-order valence-electron chi connectivity index (χ2n) is 8.07. The van der Waals surface area contributed by atoms with E-state index >= 15 is 0 Å². The van der Waals surface area contributed by atoms with Crippen LogP contribution < -0.4 is 14.8 Å². The van der Waals surface area contributed by atoms with Gasteiger partial charge in [-0.2, -0.15) is 0 Å². The van der Waals surface area contributed by atoms with E-state index in [1.165, 1.54) is 0 Å². The minimum Gasteiger partial charge on any atom is -0.493 e. The molecule has 33 heavy (non-hydrogen) atoms. The third-order valence-electron chi connectivity index (χ3n) is 6.05. The lowest BCUT2D eigenvalue weighted by molar-refractivity contribution is 0.284. The predicted octanol–water partition coefficient (Wildman–Crippen LogP) is 6.26. The topological polar surface area (TPSA) is 48.3 Å². The summed E-state index contributed by atoms with van der Waals surface area (Å²) in [5, 5.41) is 3.70. The molecule has 0 fully saturated rings. The highest BCUT2D eigenvalue weighted by Crippen LogP contribution is 2.42. The van der Waals surface area contributed by atoms with Crippen molar-refractivity contribution in [2.75, 3.05) is 12.4 Å². The molecule has 6 rings (SSSR count). The minimum atomic E-state index is -0.126. The number of anilines is 1. The zero-order chi connectivity index (χ0) is 22.2. The number of ether oxygens (including phenoxy) is 2. The fourth-order valence-electron chi connectivity index (χ4n) is 4.45. The Morgan fingerprint density at radius 2 is 1.64 bits per heavy atom. The molecule has 4 aromatic carbocycles. The summed E-state index contributed by atoms with van der Waals surface area (Å²) in [4.78, 5) is 4.96. The molecule has 5 heteroatoms. The van der Waals surface area contributed by atoms with E-state index in [0.29, 0.717) is 12.4 Å². The Hall–Kier alpha value is -4.25. The Balaban J connectivity index is 1.41. The standard InChI is InChI=1S/C28H23N3O2/c1-32-26-17-20(15-16-25(26)33-18-19-9-3-2-4-10-19)27-29-22-12-6-5-11-21(22)28-30-23-13-7-8-14-24(23)31(27)28/h2-17,27,29H,18H2,1H3. The average molecular weight is 434 g/mol. The first-order chi connectivity index (χ1) is 16.3. The normalized spacial score (nSPS) is 14.3. The Bertz CT molecular complexity index is 1440. The van der Waals surface area contributed by atoms with E-state index in [2.05, 4.69) is 58.4 Å². The number of rotatable bonds is 5. The van der Waals surface area contributed by atoms with Crippen LogP contribution in [0.4, 0.5) is 5.69 Å². The van der Waals surface area contributed by atoms with Gasteiger partial charge in [-0.15, -0.1) is 0 Å². The first-order valence-electron chi connectivity index (χ1n) is 11.0. The van der Waals surface area contributed by atoms with Gasteiger partial charge in [-0.1, -0.05) is 60.7 Å². The lowest BCUT2D eigenvalue weighted by Gasteiger charge is -2.30. The summed E-state index contributed by atoms with van der Waals surface area (Å²) in [6.45, 7) is 0.488. The van der Waals surface area contributed by atoms with Gasteiger partial charge in [-0.3, -0.25) is 4.57 Å². The molecule has 0 saturated heterocycles. The summed E-state index contributed by atoms with van der Waals surface area (Å²) in [5.74, 6) is 2.38. The lowest BCUT2D eigenvalue weighted by Crippen LogP contribution is -2.24. The maximum Gasteiger partial charge on any atom is 0.161 e. The number of nitrogens with zero attached hydrogens (tertiary/aromatic N) is 2. The first kappa shape index (κ1) is 19.4. The summed E-state index contributed by atoms with van der Waals surface area (Å²) in [6.07, 6.45) is -0.126. The minimum absolute atomic E-state index is 0.126. The molecule has 0 saturated carbocycles. The molecule has 162 valence electrons. The van der Waals surface area contributed by atoms with Gasteiger partial charge in [0.25, 0.3) is 0 Å². The number of aromatic nitrogens is 2. The lowest BCUT2D eigenvalue weighted by atomic mass is 10.1. The Labute approximate surface area is 192 Å². The molecule has 0 amide bonds. The molecule has 1 aromatic heterocycles. The number of imidazole rings is 1. The van der Waals surface area contributed by atoms with Crippen molar-refractivity contribution in [3.63, 3.8) is 0 Å². The van der Waals surface area contributed by atoms with Crippen molar-refractivity contribution in [2.45, 2.75) is 12.8 Å². The van der Waals surface area contributed by atoms with Crippen LogP contribution in [0, 0.1) is 0 Å². The summed E-state index contributed by atoms with van der Waals surface area (Å²) in [5.41, 5.74) is 6.41. The summed E-state index contributed by atoms with van der Waals surface area (Å²) < 4.78 is 14.0. The number of fused-ring (bicyclic) bond motifs is 5. The summed E-state index contributed by atoms with van der Waals surface area (Å²) in [7, 11) is 1.68. The van der Waals surface area contributed by atoms with E-state index in [4.69, 9.17) is 14.5 Å². The Kier molecular flexibility index (Phi) is 4.73. The van der Waals surface area contributed by atoms with E-state index in [1.54, 1.807) is 7.11 Å². The van der Waals surface area contributed by atoms with Crippen LogP contribution in [0.15, 0.2) is 97.1 Å². The molecule has 0 bridgehead atoms. The fraction of sp³-hybridized carbons (Fsp3) is 0.107. The van der Waals surface area contributed by atoms with E-state index in [-0.39, 0.29) is 6.17 Å². The first-order valence-corrected chi connectivity index (χ1v) is 11.0. The van der Waals surface area contributed by atoms with E-state index in [1.807, 2.05) is 48.5 Å². The molecule has 0 aliphatic carbocycles.